The van der Waals surface area contributed by atoms with Gasteiger partial charge in [0.1, 0.15) is 19.3 Å². The largest absolute Gasteiger partial charge is 0.472 e. The molecule has 17 nitrogen and oxygen atoms in total. The first kappa shape index (κ1) is 109. The molecule has 0 aromatic carbocycles. The van der Waals surface area contributed by atoms with E-state index in [0.717, 1.165) is 108 Å². The van der Waals surface area contributed by atoms with E-state index in [1.807, 2.05) is 0 Å². The molecular weight excluding hydrogens is 1440 g/mol. The van der Waals surface area contributed by atoms with Crippen molar-refractivity contribution in [3.8, 4) is 0 Å². The Morgan fingerprint density at radius 2 is 0.459 bits per heavy atom. The van der Waals surface area contributed by atoms with Gasteiger partial charge in [-0.1, -0.05) is 440 Å². The number of phosphoric acid groups is 2. The molecule has 3 unspecified atom stereocenters. The van der Waals surface area contributed by atoms with E-state index in [9.17, 15) is 43.2 Å². The summed E-state index contributed by atoms with van der Waals surface area (Å²) in [5.74, 6) is 0.331. The number of carbonyl (C=O) groups is 4. The minimum atomic E-state index is -4.97. The van der Waals surface area contributed by atoms with Gasteiger partial charge in [-0.05, 0) is 43.4 Å². The van der Waals surface area contributed by atoms with Crippen LogP contribution < -0.4 is 0 Å². The van der Waals surface area contributed by atoms with Crippen LogP contribution >= 0.6 is 15.6 Å². The van der Waals surface area contributed by atoms with Gasteiger partial charge in [0.05, 0.1) is 26.4 Å². The lowest BCUT2D eigenvalue weighted by molar-refractivity contribution is -0.161. The highest BCUT2D eigenvalue weighted by Crippen LogP contribution is 2.45. The average Bonchev–Trinajstić information content (AvgIpc) is 0.896. The topological polar surface area (TPSA) is 237 Å². The Morgan fingerprint density at radius 3 is 0.685 bits per heavy atom. The lowest BCUT2D eigenvalue weighted by Gasteiger charge is -2.21. The van der Waals surface area contributed by atoms with Gasteiger partial charge in [0.2, 0.25) is 0 Å². The van der Waals surface area contributed by atoms with Crippen LogP contribution in [-0.4, -0.2) is 96.7 Å². The van der Waals surface area contributed by atoms with E-state index in [0.29, 0.717) is 25.7 Å². The third-order valence-electron chi connectivity index (χ3n) is 22.0. The summed E-state index contributed by atoms with van der Waals surface area (Å²) in [6.45, 7) is 12.1. The van der Waals surface area contributed by atoms with E-state index >= 15 is 0 Å². The van der Waals surface area contributed by atoms with E-state index in [2.05, 4.69) is 48.5 Å². The van der Waals surface area contributed by atoms with E-state index in [1.54, 1.807) is 0 Å². The Balaban J connectivity index is 5.25. The quantitative estimate of drug-likeness (QED) is 0.0222. The molecule has 0 radical (unpaired) electrons. The Morgan fingerprint density at radius 1 is 0.261 bits per heavy atom. The van der Waals surface area contributed by atoms with Crippen LogP contribution in [0.5, 0.6) is 0 Å². The molecular formula is C92H180O17P2. The molecule has 111 heavy (non-hydrogen) atoms. The predicted molar refractivity (Wildman–Crippen MR) is 460 cm³/mol. The van der Waals surface area contributed by atoms with Gasteiger partial charge in [-0.2, -0.15) is 0 Å². The number of hydrogen-bond donors (Lipinski definition) is 3. The van der Waals surface area contributed by atoms with Crippen LogP contribution in [0.4, 0.5) is 0 Å². The molecule has 0 aromatic heterocycles. The van der Waals surface area contributed by atoms with Crippen LogP contribution in [0.3, 0.4) is 0 Å². The summed E-state index contributed by atoms with van der Waals surface area (Å²) in [5, 5.41) is 10.7. The summed E-state index contributed by atoms with van der Waals surface area (Å²) < 4.78 is 69.1. The molecule has 0 saturated heterocycles. The smallest absolute Gasteiger partial charge is 0.462 e. The molecule has 0 heterocycles. The summed E-state index contributed by atoms with van der Waals surface area (Å²) in [5.41, 5.74) is 0. The Hall–Kier alpha value is -1.94. The normalized spacial score (nSPS) is 14.0. The highest BCUT2D eigenvalue weighted by Gasteiger charge is 2.31. The van der Waals surface area contributed by atoms with Gasteiger partial charge < -0.3 is 33.8 Å². The van der Waals surface area contributed by atoms with Crippen LogP contribution in [0.25, 0.3) is 0 Å². The number of aliphatic hydroxyl groups excluding tert-OH is 1. The number of hydrogen-bond acceptors (Lipinski definition) is 15. The minimum absolute atomic E-state index is 0.108. The third kappa shape index (κ3) is 84.3. The second kappa shape index (κ2) is 81.8. The maximum absolute atomic E-state index is 13.2. The zero-order valence-electron chi connectivity index (χ0n) is 73.4. The first-order valence-corrected chi connectivity index (χ1v) is 50.4. The SMILES string of the molecule is CCCCCCCCCCCCCCCCCCCCC(=O)O[C@H](COC(=O)CCCCCCCCCCCC(C)C)COP(=O)(O)OC[C@H](O)COP(=O)(O)OC[C@@H](COC(=O)CCCCCCCCCCCCCCCCCCC(C)C)OC(=O)CCCCCCCCCCCCCCCCCCCCC(C)CC. The van der Waals surface area contributed by atoms with Crippen LogP contribution in [0.2, 0.25) is 0 Å². The van der Waals surface area contributed by atoms with Crippen molar-refractivity contribution in [1.29, 1.82) is 0 Å². The molecule has 19 heteroatoms. The molecule has 0 rings (SSSR count). The van der Waals surface area contributed by atoms with Crippen LogP contribution in [0, 0.1) is 17.8 Å². The summed E-state index contributed by atoms with van der Waals surface area (Å²) in [4.78, 5) is 73.5. The average molecular weight is 1620 g/mol. The molecule has 0 fully saturated rings. The number of esters is 4. The van der Waals surface area contributed by atoms with Crippen molar-refractivity contribution in [3.63, 3.8) is 0 Å². The molecule has 0 bridgehead atoms. The maximum atomic E-state index is 13.2. The number of unbranched alkanes of at least 4 members (excludes halogenated alkanes) is 57. The van der Waals surface area contributed by atoms with Crippen molar-refractivity contribution in [2.75, 3.05) is 39.6 Å². The number of ether oxygens (including phenoxy) is 4. The van der Waals surface area contributed by atoms with Crippen LogP contribution in [0.15, 0.2) is 0 Å². The van der Waals surface area contributed by atoms with Gasteiger partial charge in [0.25, 0.3) is 0 Å². The standard InChI is InChI=1S/C92H180O17P2/c1-8-10-11-12-13-14-15-16-17-18-22-29-34-39-46-54-61-68-76-92(97)109-88(80-103-90(95)74-67-60-53-48-41-43-50-57-64-71-84(5)6)82-107-111(100,101)105-78-86(93)77-104-110(98,99)106-81-87(79-102-89(94)73-66-59-52-45-38-33-28-25-24-26-31-36-42-49-56-63-70-83(3)4)108-91(96)75-69-62-55-47-40-35-30-23-20-19-21-27-32-37-44-51-58-65-72-85(7)9-2/h83-88,93H,8-82H2,1-7H3,(H,98,99)(H,100,101)/t85?,86-,87-,88-/m1/s1. The minimum Gasteiger partial charge on any atom is -0.462 e. The Bertz CT molecular complexity index is 2130. The lowest BCUT2D eigenvalue weighted by atomic mass is 9.99. The first-order valence-electron chi connectivity index (χ1n) is 47.4. The van der Waals surface area contributed by atoms with Crippen molar-refractivity contribution < 1.29 is 80.2 Å². The fourth-order valence-corrected chi connectivity index (χ4v) is 16.0. The molecule has 0 aliphatic heterocycles. The molecule has 0 amide bonds. The van der Waals surface area contributed by atoms with Crippen LogP contribution in [0.1, 0.15) is 492 Å². The summed E-state index contributed by atoms with van der Waals surface area (Å²) in [7, 11) is -9.94. The van der Waals surface area contributed by atoms with E-state index in [-0.39, 0.29) is 25.7 Å². The molecule has 0 spiro atoms. The summed E-state index contributed by atoms with van der Waals surface area (Å²) >= 11 is 0. The number of aliphatic hydroxyl groups is 1. The molecule has 3 N–H and O–H groups in total. The number of phosphoric ester groups is 2. The maximum Gasteiger partial charge on any atom is 0.472 e. The zero-order chi connectivity index (χ0) is 81.5. The van der Waals surface area contributed by atoms with Crippen molar-refractivity contribution in [1.82, 2.24) is 0 Å². The predicted octanol–water partition coefficient (Wildman–Crippen LogP) is 28.4. The van der Waals surface area contributed by atoms with Crippen molar-refractivity contribution in [2.24, 2.45) is 17.8 Å². The van der Waals surface area contributed by atoms with E-state index in [1.165, 1.54) is 302 Å². The summed E-state index contributed by atoms with van der Waals surface area (Å²) in [6.07, 6.45) is 75.0. The van der Waals surface area contributed by atoms with Gasteiger partial charge in [-0.15, -0.1) is 0 Å². The van der Waals surface area contributed by atoms with Gasteiger partial charge in [-0.3, -0.25) is 37.3 Å². The van der Waals surface area contributed by atoms with Gasteiger partial charge in [0, 0.05) is 25.7 Å². The Labute approximate surface area is 683 Å². The molecule has 0 aliphatic rings. The Kier molecular flexibility index (Phi) is 80.4. The van der Waals surface area contributed by atoms with E-state index < -0.39 is 97.5 Å². The molecule has 660 valence electrons. The fourth-order valence-electron chi connectivity index (χ4n) is 14.4. The van der Waals surface area contributed by atoms with Crippen molar-refractivity contribution in [2.45, 2.75) is 510 Å². The molecule has 0 saturated carbocycles. The van der Waals surface area contributed by atoms with Crippen molar-refractivity contribution in [3.05, 3.63) is 0 Å². The van der Waals surface area contributed by atoms with E-state index in [4.69, 9.17) is 37.0 Å². The molecule has 6 atom stereocenters. The van der Waals surface area contributed by atoms with Crippen LogP contribution in [-0.2, 0) is 65.4 Å². The first-order chi connectivity index (χ1) is 53.8. The zero-order valence-corrected chi connectivity index (χ0v) is 75.2. The lowest BCUT2D eigenvalue weighted by Crippen LogP contribution is -2.30. The summed E-state index contributed by atoms with van der Waals surface area (Å²) in [6, 6.07) is 0. The molecule has 0 aliphatic carbocycles. The number of carbonyl (C=O) groups excluding carboxylic acids is 4. The third-order valence-corrected chi connectivity index (χ3v) is 23.9. The monoisotopic (exact) mass is 1620 g/mol. The van der Waals surface area contributed by atoms with Gasteiger partial charge in [0.15, 0.2) is 12.2 Å². The second-order valence-corrected chi connectivity index (χ2v) is 37.2. The second-order valence-electron chi connectivity index (χ2n) is 34.2. The van der Waals surface area contributed by atoms with Gasteiger partial charge in [-0.25, -0.2) is 9.13 Å². The number of rotatable bonds is 90. The molecule has 0 aromatic rings. The van der Waals surface area contributed by atoms with Gasteiger partial charge >= 0.3 is 39.5 Å². The highest BCUT2D eigenvalue weighted by atomic mass is 31.2. The van der Waals surface area contributed by atoms with Crippen molar-refractivity contribution >= 4 is 39.5 Å². The highest BCUT2D eigenvalue weighted by molar-refractivity contribution is 7.47. The fraction of sp³-hybridized carbons (Fsp3) is 0.957.